The van der Waals surface area contributed by atoms with Crippen molar-refractivity contribution in [1.82, 2.24) is 9.36 Å². The summed E-state index contributed by atoms with van der Waals surface area (Å²) in [5, 5.41) is 3.90. The van der Waals surface area contributed by atoms with Gasteiger partial charge in [-0.1, -0.05) is 17.7 Å². The van der Waals surface area contributed by atoms with Crippen LogP contribution in [0.2, 0.25) is 5.15 Å². The number of amides is 1. The van der Waals surface area contributed by atoms with Gasteiger partial charge in [-0.15, -0.1) is 0 Å². The minimum absolute atomic E-state index is 0.294. The summed E-state index contributed by atoms with van der Waals surface area (Å²) in [6, 6.07) is 8.81. The summed E-state index contributed by atoms with van der Waals surface area (Å²) in [6.45, 7) is 0. The van der Waals surface area contributed by atoms with Crippen LogP contribution >= 0.6 is 23.1 Å². The number of anilines is 1. The molecule has 0 atom stereocenters. The summed E-state index contributed by atoms with van der Waals surface area (Å²) in [4.78, 5) is 16.1. The van der Waals surface area contributed by atoms with Crippen LogP contribution in [0.3, 0.4) is 0 Å². The molecule has 1 aromatic carbocycles. The molecule has 0 radical (unpaired) electrons. The lowest BCUT2D eigenvalue weighted by atomic mass is 10.2. The van der Waals surface area contributed by atoms with E-state index in [1.165, 1.54) is 17.7 Å². The minimum atomic E-state index is -0.294. The molecule has 21 heavy (non-hydrogen) atoms. The lowest BCUT2D eigenvalue weighted by Crippen LogP contribution is -2.12. The summed E-state index contributed by atoms with van der Waals surface area (Å²) in [7, 11) is 1.58. The van der Waals surface area contributed by atoms with Gasteiger partial charge in [0, 0.05) is 6.20 Å². The van der Waals surface area contributed by atoms with E-state index in [9.17, 15) is 4.79 Å². The van der Waals surface area contributed by atoms with Gasteiger partial charge in [-0.05, 0) is 35.8 Å². The lowest BCUT2D eigenvalue weighted by molar-refractivity contribution is 0.102. The van der Waals surface area contributed by atoms with E-state index in [0.29, 0.717) is 22.3 Å². The topological polar surface area (TPSA) is 64.1 Å². The average Bonchev–Trinajstić information content (AvgIpc) is 2.91. The Hall–Kier alpha value is -2.18. The van der Waals surface area contributed by atoms with Gasteiger partial charge in [0.15, 0.2) is 5.82 Å². The van der Waals surface area contributed by atoms with Crippen LogP contribution in [0.5, 0.6) is 5.75 Å². The fourth-order valence-corrected chi connectivity index (χ4v) is 2.77. The maximum absolute atomic E-state index is 12.2. The zero-order valence-corrected chi connectivity index (χ0v) is 12.5. The molecule has 0 bridgehead atoms. The normalized spacial score (nSPS) is 10.6. The number of methoxy groups -OCH3 is 1. The molecule has 0 aliphatic carbocycles. The molecule has 0 aliphatic heterocycles. The molecule has 0 saturated heterocycles. The number of rotatable bonds is 3. The molecule has 0 aliphatic rings. The Balaban J connectivity index is 1.94. The van der Waals surface area contributed by atoms with E-state index < -0.39 is 0 Å². The number of carbonyl (C=O) groups is 1. The molecule has 0 spiro atoms. The second kappa shape index (κ2) is 5.67. The van der Waals surface area contributed by atoms with E-state index in [2.05, 4.69) is 14.7 Å². The molecule has 106 valence electrons. The van der Waals surface area contributed by atoms with Gasteiger partial charge in [-0.2, -0.15) is 4.37 Å². The number of nitrogens with zero attached hydrogens (tertiary/aromatic N) is 2. The smallest absolute Gasteiger partial charge is 0.258 e. The largest absolute Gasteiger partial charge is 0.496 e. The van der Waals surface area contributed by atoms with Crippen LogP contribution in [-0.4, -0.2) is 22.4 Å². The van der Waals surface area contributed by atoms with E-state index >= 15 is 0 Å². The molecule has 3 rings (SSSR count). The first kappa shape index (κ1) is 13.8. The maximum Gasteiger partial charge on any atom is 0.258 e. The molecule has 1 N–H and O–H groups in total. The molecular formula is C14H10ClN3O2S. The molecule has 7 heteroatoms. The van der Waals surface area contributed by atoms with Gasteiger partial charge in [-0.25, -0.2) is 4.98 Å². The minimum Gasteiger partial charge on any atom is -0.496 e. The second-order valence-corrected chi connectivity index (χ2v) is 5.38. The first-order chi connectivity index (χ1) is 10.2. The fourth-order valence-electron chi connectivity index (χ4n) is 1.91. The van der Waals surface area contributed by atoms with Crippen molar-refractivity contribution >= 4 is 44.9 Å². The third-order valence-electron chi connectivity index (χ3n) is 2.90. The molecule has 0 saturated carbocycles. The van der Waals surface area contributed by atoms with Crippen molar-refractivity contribution in [2.24, 2.45) is 0 Å². The Kier molecular flexibility index (Phi) is 3.72. The molecule has 1 amide bonds. The Labute approximate surface area is 129 Å². The lowest BCUT2D eigenvalue weighted by Gasteiger charge is -2.05. The molecule has 2 heterocycles. The average molecular weight is 320 g/mol. The predicted octanol–water partition coefficient (Wildman–Crippen LogP) is 3.61. The van der Waals surface area contributed by atoms with Crippen LogP contribution in [0.4, 0.5) is 5.82 Å². The number of ether oxygens (including phenoxy) is 1. The van der Waals surface area contributed by atoms with Crippen molar-refractivity contribution in [1.29, 1.82) is 0 Å². The van der Waals surface area contributed by atoms with E-state index in [-0.39, 0.29) is 5.91 Å². The Morgan fingerprint density at radius 2 is 2.19 bits per heavy atom. The van der Waals surface area contributed by atoms with Crippen molar-refractivity contribution in [2.45, 2.75) is 0 Å². The van der Waals surface area contributed by atoms with Gasteiger partial charge in [-0.3, -0.25) is 4.79 Å². The molecule has 0 unspecified atom stereocenters. The van der Waals surface area contributed by atoms with Crippen molar-refractivity contribution in [2.75, 3.05) is 12.4 Å². The van der Waals surface area contributed by atoms with E-state index in [1.54, 1.807) is 19.2 Å². The Morgan fingerprint density at radius 1 is 1.33 bits per heavy atom. The molecule has 5 nitrogen and oxygen atoms in total. The van der Waals surface area contributed by atoms with Crippen LogP contribution in [0, 0.1) is 0 Å². The summed E-state index contributed by atoms with van der Waals surface area (Å²) >= 11 is 7.01. The molecular weight excluding hydrogens is 310 g/mol. The number of aromatic nitrogens is 2. The predicted molar refractivity (Wildman–Crippen MR) is 83.4 cm³/mol. The van der Waals surface area contributed by atoms with Gasteiger partial charge in [0.25, 0.3) is 5.91 Å². The second-order valence-electron chi connectivity index (χ2n) is 4.19. The van der Waals surface area contributed by atoms with Crippen LogP contribution in [0.25, 0.3) is 10.1 Å². The first-order valence-corrected chi connectivity index (χ1v) is 7.19. The summed E-state index contributed by atoms with van der Waals surface area (Å²) < 4.78 is 10.5. The zero-order chi connectivity index (χ0) is 14.8. The van der Waals surface area contributed by atoms with Gasteiger partial charge < -0.3 is 10.1 Å². The number of halogens is 1. The van der Waals surface area contributed by atoms with Crippen LogP contribution < -0.4 is 10.1 Å². The fraction of sp³-hybridized carbons (Fsp3) is 0.0714. The highest BCUT2D eigenvalue weighted by molar-refractivity contribution is 7.13. The quantitative estimate of drug-likeness (QED) is 0.749. The van der Waals surface area contributed by atoms with Gasteiger partial charge in [0.2, 0.25) is 0 Å². The number of benzene rings is 1. The third kappa shape index (κ3) is 2.68. The standard InChI is InChI=1S/C14H10ClN3O2S/c1-20-9-3-2-4-10-12(9)13(18-21-10)17-14(19)8-5-6-11(15)16-7-8/h2-7H,1H3,(H,17,18,19). The number of pyridine rings is 1. The van der Waals surface area contributed by atoms with E-state index in [4.69, 9.17) is 16.3 Å². The Bertz CT molecular complexity index is 802. The zero-order valence-electron chi connectivity index (χ0n) is 11.0. The summed E-state index contributed by atoms with van der Waals surface area (Å²) in [6.07, 6.45) is 1.42. The van der Waals surface area contributed by atoms with Gasteiger partial charge in [0.05, 0.1) is 22.8 Å². The summed E-state index contributed by atoms with van der Waals surface area (Å²) in [5.74, 6) is 0.857. The van der Waals surface area contributed by atoms with Gasteiger partial charge in [0.1, 0.15) is 10.9 Å². The molecule has 0 fully saturated rings. The van der Waals surface area contributed by atoms with Crippen molar-refractivity contribution in [3.05, 3.63) is 47.2 Å². The number of nitrogens with one attached hydrogen (secondary N) is 1. The monoisotopic (exact) mass is 319 g/mol. The van der Waals surface area contributed by atoms with Crippen LogP contribution in [0.1, 0.15) is 10.4 Å². The Morgan fingerprint density at radius 3 is 2.90 bits per heavy atom. The van der Waals surface area contributed by atoms with E-state index in [0.717, 1.165) is 10.1 Å². The SMILES string of the molecule is COc1cccc2snc(NC(=O)c3ccc(Cl)nc3)c12. The number of hydrogen-bond acceptors (Lipinski definition) is 5. The van der Waals surface area contributed by atoms with Crippen molar-refractivity contribution < 1.29 is 9.53 Å². The highest BCUT2D eigenvalue weighted by Gasteiger charge is 2.15. The number of fused-ring (bicyclic) bond motifs is 1. The van der Waals surface area contributed by atoms with Crippen LogP contribution in [-0.2, 0) is 0 Å². The van der Waals surface area contributed by atoms with Crippen molar-refractivity contribution in [3.63, 3.8) is 0 Å². The van der Waals surface area contributed by atoms with Crippen LogP contribution in [0.15, 0.2) is 36.5 Å². The highest BCUT2D eigenvalue weighted by Crippen LogP contribution is 2.34. The molecule has 3 aromatic rings. The first-order valence-electron chi connectivity index (χ1n) is 6.04. The number of hydrogen-bond donors (Lipinski definition) is 1. The van der Waals surface area contributed by atoms with Crippen molar-refractivity contribution in [3.8, 4) is 5.75 Å². The number of carbonyl (C=O) groups excluding carboxylic acids is 1. The van der Waals surface area contributed by atoms with Gasteiger partial charge >= 0.3 is 0 Å². The summed E-state index contributed by atoms with van der Waals surface area (Å²) in [5.41, 5.74) is 0.412. The van der Waals surface area contributed by atoms with E-state index in [1.807, 2.05) is 18.2 Å². The maximum atomic E-state index is 12.2. The highest BCUT2D eigenvalue weighted by atomic mass is 35.5. The molecule has 2 aromatic heterocycles. The third-order valence-corrected chi connectivity index (χ3v) is 3.94.